The molecule has 112 valence electrons. The van der Waals surface area contributed by atoms with Gasteiger partial charge in [0.05, 0.1) is 17.7 Å². The normalized spacial score (nSPS) is 10.8. The third-order valence-corrected chi connectivity index (χ3v) is 3.37. The van der Waals surface area contributed by atoms with Crippen molar-refractivity contribution in [1.29, 1.82) is 0 Å². The standard InChI is InChI=1S/C16H14N2O4/c1-9-6-7-10(22-9)8-17-14-11-4-2-3-5-12(11)18-15(19)13(14)16(20)21/h2-7H,8H2,1H3,(H,20,21)(H2,17,18,19). The second-order valence-electron chi connectivity index (χ2n) is 4.92. The number of aromatic nitrogens is 1. The molecule has 1 aromatic carbocycles. The Labute approximate surface area is 125 Å². The van der Waals surface area contributed by atoms with E-state index in [1.807, 2.05) is 13.0 Å². The van der Waals surface area contributed by atoms with Crippen molar-refractivity contribution in [3.63, 3.8) is 0 Å². The van der Waals surface area contributed by atoms with Crippen molar-refractivity contribution >= 4 is 22.6 Å². The molecule has 0 aliphatic heterocycles. The summed E-state index contributed by atoms with van der Waals surface area (Å²) in [5, 5.41) is 13.0. The average Bonchev–Trinajstić information content (AvgIpc) is 2.89. The molecule has 0 saturated carbocycles. The fourth-order valence-corrected chi connectivity index (χ4v) is 2.39. The van der Waals surface area contributed by atoms with Crippen LogP contribution in [0.4, 0.5) is 5.69 Å². The molecular weight excluding hydrogens is 284 g/mol. The summed E-state index contributed by atoms with van der Waals surface area (Å²) in [6, 6.07) is 10.7. The lowest BCUT2D eigenvalue weighted by molar-refractivity contribution is 0.0696. The highest BCUT2D eigenvalue weighted by molar-refractivity contribution is 6.04. The molecule has 22 heavy (non-hydrogen) atoms. The molecule has 0 spiro atoms. The van der Waals surface area contributed by atoms with Crippen LogP contribution in [0.3, 0.4) is 0 Å². The molecular formula is C16H14N2O4. The van der Waals surface area contributed by atoms with Gasteiger partial charge in [-0.25, -0.2) is 4.79 Å². The van der Waals surface area contributed by atoms with Crippen LogP contribution in [0.1, 0.15) is 21.9 Å². The predicted molar refractivity (Wildman–Crippen MR) is 82.3 cm³/mol. The number of rotatable bonds is 4. The van der Waals surface area contributed by atoms with Crippen LogP contribution in [0.2, 0.25) is 0 Å². The summed E-state index contributed by atoms with van der Waals surface area (Å²) in [4.78, 5) is 26.0. The molecule has 6 nitrogen and oxygen atoms in total. The molecule has 0 bridgehead atoms. The zero-order valence-electron chi connectivity index (χ0n) is 11.8. The van der Waals surface area contributed by atoms with Gasteiger partial charge in [-0.2, -0.15) is 0 Å². The number of aromatic carboxylic acids is 1. The SMILES string of the molecule is Cc1ccc(CNc2c(C(=O)O)c(=O)[nH]c3ccccc23)o1. The van der Waals surface area contributed by atoms with E-state index in [0.717, 1.165) is 5.76 Å². The Balaban J connectivity index is 2.10. The minimum atomic E-state index is -1.27. The lowest BCUT2D eigenvalue weighted by Gasteiger charge is -2.11. The number of nitrogens with one attached hydrogen (secondary N) is 2. The third kappa shape index (κ3) is 2.46. The Hall–Kier alpha value is -3.02. The van der Waals surface area contributed by atoms with Crippen molar-refractivity contribution in [3.05, 3.63) is 63.8 Å². The quantitative estimate of drug-likeness (QED) is 0.688. The van der Waals surface area contributed by atoms with Gasteiger partial charge in [-0.3, -0.25) is 4.79 Å². The molecule has 0 amide bonds. The van der Waals surface area contributed by atoms with Crippen molar-refractivity contribution in [2.75, 3.05) is 5.32 Å². The fraction of sp³-hybridized carbons (Fsp3) is 0.125. The molecule has 3 rings (SSSR count). The number of hydrogen-bond donors (Lipinski definition) is 3. The Bertz CT molecular complexity index is 908. The number of aryl methyl sites for hydroxylation is 1. The monoisotopic (exact) mass is 298 g/mol. The first-order valence-electron chi connectivity index (χ1n) is 6.74. The van der Waals surface area contributed by atoms with Crippen LogP contribution in [0, 0.1) is 6.92 Å². The first-order chi connectivity index (χ1) is 10.6. The summed E-state index contributed by atoms with van der Waals surface area (Å²) in [5.41, 5.74) is -0.0668. The van der Waals surface area contributed by atoms with E-state index in [9.17, 15) is 14.7 Å². The van der Waals surface area contributed by atoms with E-state index in [-0.39, 0.29) is 5.56 Å². The minimum absolute atomic E-state index is 0.293. The van der Waals surface area contributed by atoms with Gasteiger partial charge in [-0.15, -0.1) is 0 Å². The van der Waals surface area contributed by atoms with Gasteiger partial charge in [0, 0.05) is 5.39 Å². The predicted octanol–water partition coefficient (Wildman–Crippen LogP) is 2.74. The maximum atomic E-state index is 12.0. The fourth-order valence-electron chi connectivity index (χ4n) is 2.39. The number of furan rings is 1. The van der Waals surface area contributed by atoms with Crippen molar-refractivity contribution in [2.24, 2.45) is 0 Å². The Morgan fingerprint density at radius 1 is 1.27 bits per heavy atom. The van der Waals surface area contributed by atoms with Crippen molar-refractivity contribution < 1.29 is 14.3 Å². The van der Waals surface area contributed by atoms with Gasteiger partial charge >= 0.3 is 5.97 Å². The van der Waals surface area contributed by atoms with E-state index in [0.29, 0.717) is 28.9 Å². The molecule has 3 aromatic rings. The largest absolute Gasteiger partial charge is 0.477 e. The van der Waals surface area contributed by atoms with E-state index >= 15 is 0 Å². The molecule has 0 fully saturated rings. The van der Waals surface area contributed by atoms with E-state index < -0.39 is 11.5 Å². The lowest BCUT2D eigenvalue weighted by Crippen LogP contribution is -2.21. The number of carbonyl (C=O) groups is 1. The Kier molecular flexibility index (Phi) is 3.42. The minimum Gasteiger partial charge on any atom is -0.477 e. The molecule has 0 saturated heterocycles. The van der Waals surface area contributed by atoms with Crippen LogP contribution in [-0.2, 0) is 6.54 Å². The maximum absolute atomic E-state index is 12.0. The molecule has 3 N–H and O–H groups in total. The van der Waals surface area contributed by atoms with E-state index in [1.54, 1.807) is 30.3 Å². The average molecular weight is 298 g/mol. The second-order valence-corrected chi connectivity index (χ2v) is 4.92. The van der Waals surface area contributed by atoms with Gasteiger partial charge in [0.2, 0.25) is 0 Å². The van der Waals surface area contributed by atoms with Gasteiger partial charge in [-0.1, -0.05) is 18.2 Å². The Morgan fingerprint density at radius 3 is 2.73 bits per heavy atom. The van der Waals surface area contributed by atoms with Crippen LogP contribution in [0.15, 0.2) is 45.6 Å². The van der Waals surface area contributed by atoms with Gasteiger partial charge in [-0.05, 0) is 25.1 Å². The lowest BCUT2D eigenvalue weighted by atomic mass is 10.1. The van der Waals surface area contributed by atoms with E-state index in [4.69, 9.17) is 4.42 Å². The zero-order valence-corrected chi connectivity index (χ0v) is 11.8. The highest BCUT2D eigenvalue weighted by Gasteiger charge is 2.18. The van der Waals surface area contributed by atoms with Crippen molar-refractivity contribution in [2.45, 2.75) is 13.5 Å². The molecule has 0 aliphatic carbocycles. The van der Waals surface area contributed by atoms with Crippen molar-refractivity contribution in [3.8, 4) is 0 Å². The van der Waals surface area contributed by atoms with Crippen LogP contribution in [0.5, 0.6) is 0 Å². The third-order valence-electron chi connectivity index (χ3n) is 3.37. The molecule has 2 heterocycles. The van der Waals surface area contributed by atoms with E-state index in [2.05, 4.69) is 10.3 Å². The van der Waals surface area contributed by atoms with Gasteiger partial charge < -0.3 is 19.8 Å². The molecule has 2 aromatic heterocycles. The number of H-pyrrole nitrogens is 1. The van der Waals surface area contributed by atoms with Crippen LogP contribution in [-0.4, -0.2) is 16.1 Å². The highest BCUT2D eigenvalue weighted by atomic mass is 16.4. The Morgan fingerprint density at radius 2 is 2.05 bits per heavy atom. The molecule has 0 atom stereocenters. The summed E-state index contributed by atoms with van der Waals surface area (Å²) < 4.78 is 5.45. The van der Waals surface area contributed by atoms with Gasteiger partial charge in [0.15, 0.2) is 0 Å². The number of aromatic amines is 1. The number of carboxylic acid groups (broad SMARTS) is 1. The number of hydrogen-bond acceptors (Lipinski definition) is 4. The maximum Gasteiger partial charge on any atom is 0.343 e. The van der Waals surface area contributed by atoms with Crippen LogP contribution in [0.25, 0.3) is 10.9 Å². The summed E-state index contributed by atoms with van der Waals surface area (Å²) in [5.74, 6) is 0.161. The second kappa shape index (κ2) is 5.40. The molecule has 6 heteroatoms. The van der Waals surface area contributed by atoms with Crippen LogP contribution >= 0.6 is 0 Å². The van der Waals surface area contributed by atoms with E-state index in [1.165, 1.54) is 0 Å². The smallest absolute Gasteiger partial charge is 0.343 e. The summed E-state index contributed by atoms with van der Waals surface area (Å²) in [6.45, 7) is 2.12. The summed E-state index contributed by atoms with van der Waals surface area (Å²) >= 11 is 0. The van der Waals surface area contributed by atoms with Gasteiger partial charge in [0.25, 0.3) is 5.56 Å². The number of para-hydroxylation sites is 1. The number of benzene rings is 1. The topological polar surface area (TPSA) is 95.3 Å². The van der Waals surface area contributed by atoms with Gasteiger partial charge in [0.1, 0.15) is 17.1 Å². The molecule has 0 aliphatic rings. The zero-order chi connectivity index (χ0) is 15.7. The molecule has 0 unspecified atom stereocenters. The number of anilines is 1. The first-order valence-corrected chi connectivity index (χ1v) is 6.74. The van der Waals surface area contributed by atoms with Crippen LogP contribution < -0.4 is 10.9 Å². The first kappa shape index (κ1) is 13.9. The number of fused-ring (bicyclic) bond motifs is 1. The summed E-state index contributed by atoms with van der Waals surface area (Å²) in [7, 11) is 0. The number of carboxylic acids is 1. The van der Waals surface area contributed by atoms with Crippen molar-refractivity contribution in [1.82, 2.24) is 4.98 Å². The summed E-state index contributed by atoms with van der Waals surface area (Å²) in [6.07, 6.45) is 0. The highest BCUT2D eigenvalue weighted by Crippen LogP contribution is 2.24. The molecule has 0 radical (unpaired) electrons. The number of pyridine rings is 1.